The molecule has 2 aliphatic heterocycles. The topological polar surface area (TPSA) is 95.0 Å². The van der Waals surface area contributed by atoms with Crippen LogP contribution in [0, 0.1) is 5.92 Å². The third-order valence-electron chi connectivity index (χ3n) is 6.24. The molecule has 0 spiro atoms. The summed E-state index contributed by atoms with van der Waals surface area (Å²) in [6.07, 6.45) is 2.59. The number of carbonyl (C=O) groups excluding carboxylic acids is 1. The molecule has 1 saturated heterocycles. The zero-order chi connectivity index (χ0) is 23.7. The van der Waals surface area contributed by atoms with Crippen LogP contribution in [0.15, 0.2) is 58.5 Å². The quantitative estimate of drug-likeness (QED) is 0.509. The number of anilines is 1. The number of esters is 1. The molecule has 0 bridgehead atoms. The first-order chi connectivity index (χ1) is 16.5. The van der Waals surface area contributed by atoms with Crippen LogP contribution in [0.1, 0.15) is 19.8 Å². The van der Waals surface area contributed by atoms with Crippen molar-refractivity contribution in [2.75, 3.05) is 37.8 Å². The number of rotatable bonds is 5. The Kier molecular flexibility index (Phi) is 6.03. The van der Waals surface area contributed by atoms with Gasteiger partial charge in [0.1, 0.15) is 18.1 Å². The van der Waals surface area contributed by atoms with Crippen LogP contribution in [0.25, 0.3) is 10.9 Å². The van der Waals surface area contributed by atoms with E-state index in [-0.39, 0.29) is 21.7 Å². The van der Waals surface area contributed by atoms with Crippen LogP contribution in [0.2, 0.25) is 0 Å². The normalized spacial score (nSPS) is 16.4. The van der Waals surface area contributed by atoms with Crippen molar-refractivity contribution in [1.82, 2.24) is 4.98 Å². The molecule has 1 aromatic heterocycles. The highest BCUT2D eigenvalue weighted by Crippen LogP contribution is 2.42. The van der Waals surface area contributed by atoms with E-state index in [1.54, 1.807) is 43.3 Å². The predicted octanol–water partition coefficient (Wildman–Crippen LogP) is 3.62. The smallest absolute Gasteiger partial charge is 0.309 e. The van der Waals surface area contributed by atoms with E-state index in [1.807, 2.05) is 11.0 Å². The van der Waals surface area contributed by atoms with Gasteiger partial charge in [-0.25, -0.2) is 8.42 Å². The monoisotopic (exact) mass is 482 g/mol. The number of carbonyl (C=O) groups is 1. The fourth-order valence-corrected chi connectivity index (χ4v) is 6.00. The minimum Gasteiger partial charge on any atom is -0.486 e. The number of aromatic nitrogens is 1. The molecule has 2 aromatic carbocycles. The second-order valence-electron chi connectivity index (χ2n) is 8.31. The van der Waals surface area contributed by atoms with Crippen LogP contribution in [-0.2, 0) is 19.4 Å². The first-order valence-electron chi connectivity index (χ1n) is 11.4. The van der Waals surface area contributed by atoms with Gasteiger partial charge in [0.15, 0.2) is 11.5 Å². The third-order valence-corrected chi connectivity index (χ3v) is 8.01. The molecule has 9 heteroatoms. The number of nitrogens with zero attached hydrogens (tertiary/aromatic N) is 2. The first kappa shape index (κ1) is 22.5. The largest absolute Gasteiger partial charge is 0.486 e. The van der Waals surface area contributed by atoms with Gasteiger partial charge in [0.2, 0.25) is 9.84 Å². The molecule has 8 nitrogen and oxygen atoms in total. The highest BCUT2D eigenvalue weighted by atomic mass is 32.2. The summed E-state index contributed by atoms with van der Waals surface area (Å²) in [5.41, 5.74) is 1.20. The lowest BCUT2D eigenvalue weighted by molar-refractivity contribution is -0.148. The standard InChI is InChI=1S/C25H26N2O6S/c1-2-31-25(28)17-8-10-27(11-9-17)24-19-14-21-22(33-13-12-32-21)15-20(19)26-16-23(24)34(29,30)18-6-4-3-5-7-18/h3-7,14-17H,2,8-13H2,1H3. The van der Waals surface area contributed by atoms with Crippen molar-refractivity contribution in [1.29, 1.82) is 0 Å². The van der Waals surface area contributed by atoms with Crippen molar-refractivity contribution in [2.45, 2.75) is 29.6 Å². The van der Waals surface area contributed by atoms with Crippen molar-refractivity contribution < 1.29 is 27.4 Å². The number of hydrogen-bond donors (Lipinski definition) is 0. The zero-order valence-corrected chi connectivity index (χ0v) is 19.7. The van der Waals surface area contributed by atoms with Crippen molar-refractivity contribution in [2.24, 2.45) is 5.92 Å². The first-order valence-corrected chi connectivity index (χ1v) is 12.9. The Hall–Kier alpha value is -3.33. The highest BCUT2D eigenvalue weighted by Gasteiger charge is 2.32. The van der Waals surface area contributed by atoms with Gasteiger partial charge >= 0.3 is 5.97 Å². The summed E-state index contributed by atoms with van der Waals surface area (Å²) in [6.45, 7) is 4.06. The predicted molar refractivity (Wildman–Crippen MR) is 126 cm³/mol. The summed E-state index contributed by atoms with van der Waals surface area (Å²) in [5, 5.41) is 0.677. The minimum absolute atomic E-state index is 0.137. The van der Waals surface area contributed by atoms with Crippen molar-refractivity contribution in [3.63, 3.8) is 0 Å². The molecule has 3 heterocycles. The maximum Gasteiger partial charge on any atom is 0.309 e. The Bertz CT molecular complexity index is 1320. The van der Waals surface area contributed by atoms with E-state index in [0.29, 0.717) is 73.8 Å². The second kappa shape index (κ2) is 9.13. The summed E-state index contributed by atoms with van der Waals surface area (Å²) in [7, 11) is -3.84. The lowest BCUT2D eigenvalue weighted by Gasteiger charge is -2.34. The van der Waals surface area contributed by atoms with Gasteiger partial charge < -0.3 is 19.1 Å². The van der Waals surface area contributed by atoms with Crippen LogP contribution in [0.5, 0.6) is 11.5 Å². The lowest BCUT2D eigenvalue weighted by atomic mass is 9.96. The van der Waals surface area contributed by atoms with Gasteiger partial charge in [-0.1, -0.05) is 18.2 Å². The fourth-order valence-electron chi connectivity index (χ4n) is 4.54. The van der Waals surface area contributed by atoms with Gasteiger partial charge in [-0.15, -0.1) is 0 Å². The van der Waals surface area contributed by atoms with Gasteiger partial charge in [0.05, 0.1) is 28.6 Å². The molecule has 0 saturated carbocycles. The molecule has 3 aromatic rings. The molecule has 1 fully saturated rings. The number of piperidine rings is 1. The van der Waals surface area contributed by atoms with Gasteiger partial charge in [0, 0.05) is 30.7 Å². The molecule has 0 aliphatic carbocycles. The number of benzene rings is 2. The van der Waals surface area contributed by atoms with Crippen LogP contribution < -0.4 is 14.4 Å². The highest BCUT2D eigenvalue weighted by molar-refractivity contribution is 7.91. The summed E-state index contributed by atoms with van der Waals surface area (Å²) in [6, 6.07) is 12.0. The van der Waals surface area contributed by atoms with Crippen molar-refractivity contribution in [3.05, 3.63) is 48.7 Å². The summed E-state index contributed by atoms with van der Waals surface area (Å²) in [5.74, 6) is 0.774. The fraction of sp³-hybridized carbons (Fsp3) is 0.360. The summed E-state index contributed by atoms with van der Waals surface area (Å²) >= 11 is 0. The van der Waals surface area contributed by atoms with E-state index in [2.05, 4.69) is 4.98 Å². The van der Waals surface area contributed by atoms with Crippen LogP contribution in [0.3, 0.4) is 0 Å². The third kappa shape index (κ3) is 4.04. The molecule has 2 aliphatic rings. The SMILES string of the molecule is CCOC(=O)C1CCN(c2c(S(=O)(=O)c3ccccc3)cnc3cc4c(cc23)OCCO4)CC1. The average molecular weight is 483 g/mol. The molecular formula is C25H26N2O6S. The molecule has 0 unspecified atom stereocenters. The Morgan fingerprint density at radius 1 is 1.09 bits per heavy atom. The minimum atomic E-state index is -3.84. The Labute approximate surface area is 198 Å². The molecule has 178 valence electrons. The van der Waals surface area contributed by atoms with Crippen LogP contribution in [-0.4, -0.2) is 52.3 Å². The molecule has 34 heavy (non-hydrogen) atoms. The number of ether oxygens (including phenoxy) is 3. The van der Waals surface area contributed by atoms with E-state index >= 15 is 0 Å². The number of sulfone groups is 1. The second-order valence-corrected chi connectivity index (χ2v) is 10.2. The molecule has 0 atom stereocenters. The Balaban J connectivity index is 1.63. The maximum absolute atomic E-state index is 13.7. The summed E-state index contributed by atoms with van der Waals surface area (Å²) < 4.78 is 44.1. The molecular weight excluding hydrogens is 456 g/mol. The van der Waals surface area contributed by atoms with Gasteiger partial charge in [-0.2, -0.15) is 0 Å². The Morgan fingerprint density at radius 2 is 1.76 bits per heavy atom. The summed E-state index contributed by atoms with van der Waals surface area (Å²) in [4.78, 5) is 19.1. The molecule has 0 amide bonds. The van der Waals surface area contributed by atoms with Crippen LogP contribution in [0.4, 0.5) is 5.69 Å². The molecule has 0 radical (unpaired) electrons. The van der Waals surface area contributed by atoms with E-state index in [9.17, 15) is 13.2 Å². The number of pyridine rings is 1. The maximum atomic E-state index is 13.7. The van der Waals surface area contributed by atoms with Crippen molar-refractivity contribution in [3.8, 4) is 11.5 Å². The van der Waals surface area contributed by atoms with Gasteiger partial charge in [-0.05, 0) is 38.0 Å². The average Bonchev–Trinajstić information content (AvgIpc) is 2.87. The number of fused-ring (bicyclic) bond motifs is 2. The molecule has 5 rings (SSSR count). The van der Waals surface area contributed by atoms with Gasteiger partial charge in [0.25, 0.3) is 0 Å². The van der Waals surface area contributed by atoms with Gasteiger partial charge in [-0.3, -0.25) is 9.78 Å². The zero-order valence-electron chi connectivity index (χ0n) is 18.9. The van der Waals surface area contributed by atoms with Crippen molar-refractivity contribution >= 4 is 32.4 Å². The van der Waals surface area contributed by atoms with E-state index in [0.717, 1.165) is 0 Å². The van der Waals surface area contributed by atoms with E-state index in [1.165, 1.54) is 6.20 Å². The van der Waals surface area contributed by atoms with Crippen LogP contribution >= 0.6 is 0 Å². The number of hydrogen-bond acceptors (Lipinski definition) is 8. The van der Waals surface area contributed by atoms with E-state index in [4.69, 9.17) is 14.2 Å². The molecule has 0 N–H and O–H groups in total. The Morgan fingerprint density at radius 3 is 2.44 bits per heavy atom. The lowest BCUT2D eigenvalue weighted by Crippen LogP contribution is -2.37. The van der Waals surface area contributed by atoms with E-state index < -0.39 is 9.84 Å².